The summed E-state index contributed by atoms with van der Waals surface area (Å²) < 4.78 is 12.9. The Bertz CT molecular complexity index is 7280. The number of benzene rings is 14. The predicted octanol–water partition coefficient (Wildman–Crippen LogP) is 20.7. The van der Waals surface area contributed by atoms with E-state index in [1.165, 1.54) is 12.1 Å². The molecule has 0 amide bonds. The minimum Gasteiger partial charge on any atom is -0.357 e. The van der Waals surface area contributed by atoms with Gasteiger partial charge in [-0.15, -0.1) is 29.8 Å². The summed E-state index contributed by atoms with van der Waals surface area (Å²) in [6.07, 6.45) is 1.76. The second-order valence-electron chi connectivity index (χ2n) is 27.9. The Hall–Kier alpha value is -13.8. The zero-order valence-corrected chi connectivity index (χ0v) is 67.2. The van der Waals surface area contributed by atoms with E-state index in [-0.39, 0.29) is 68.1 Å². The first kappa shape index (κ1) is 71.3. The average Bonchev–Trinajstić information content (AvgIpc) is 1.59. The fourth-order valence-corrected chi connectivity index (χ4v) is 15.8. The summed E-state index contributed by atoms with van der Waals surface area (Å²) in [4.78, 5) is 85.2. The summed E-state index contributed by atoms with van der Waals surface area (Å²) in [6, 6.07) is 99.5. The zero-order valence-electron chi connectivity index (χ0n) is 60.2. The van der Waals surface area contributed by atoms with Gasteiger partial charge in [0.1, 0.15) is 0 Å². The zero-order chi connectivity index (χ0) is 74.4. The van der Waals surface area contributed by atoms with Crippen LogP contribution in [0, 0.1) is 11.9 Å². The number of halogens is 1. The Kier molecular flexibility index (Phi) is 17.6. The first-order valence-electron chi connectivity index (χ1n) is 36.8. The van der Waals surface area contributed by atoms with Crippen LogP contribution in [0.1, 0.15) is 0 Å². The first-order chi connectivity index (χ1) is 55.8. The molecule has 0 aliphatic carbocycles. The average molecular weight is 2030 g/mol. The van der Waals surface area contributed by atoms with Crippen molar-refractivity contribution >= 4 is 142 Å². The molecule has 1 radical (unpaired) electrons. The molecule has 16 bridgehead atoms. The molecule has 4 aliphatic heterocycles. The van der Waals surface area contributed by atoms with Crippen LogP contribution in [0.5, 0.6) is 0 Å². The molecule has 17 nitrogen and oxygen atoms in total. The van der Waals surface area contributed by atoms with Crippen LogP contribution in [0.4, 0.5) is 4.39 Å². The van der Waals surface area contributed by atoms with Gasteiger partial charge in [0.25, 0.3) is 0 Å². The van der Waals surface area contributed by atoms with Crippen LogP contribution in [0.3, 0.4) is 0 Å². The molecule has 116 heavy (non-hydrogen) atoms. The van der Waals surface area contributed by atoms with Crippen molar-refractivity contribution in [3.63, 3.8) is 0 Å². The van der Waals surface area contributed by atoms with Gasteiger partial charge in [0, 0.05) is 122 Å². The van der Waals surface area contributed by atoms with E-state index in [9.17, 15) is 4.39 Å². The minimum absolute atomic E-state index is 0. The van der Waals surface area contributed by atoms with Gasteiger partial charge in [-0.25, -0.2) is 19.9 Å². The van der Waals surface area contributed by atoms with Gasteiger partial charge in [-0.05, 0) is 157 Å². The fraction of sp³-hybridized carbons (Fsp3) is 0. The first-order valence-corrected chi connectivity index (χ1v) is 36.8. The topological polar surface area (TPSA) is 224 Å². The Balaban J connectivity index is 0.000000126. The third-order valence-corrected chi connectivity index (χ3v) is 21.2. The Morgan fingerprint density at radius 3 is 0.750 bits per heavy atom. The molecule has 21 aromatic rings. The van der Waals surface area contributed by atoms with Crippen molar-refractivity contribution in [3.8, 4) is 102 Å². The van der Waals surface area contributed by atoms with Crippen LogP contribution in [0.25, 0.3) is 244 Å². The number of fused-ring (bicyclic) bond motifs is 45. The van der Waals surface area contributed by atoms with Crippen molar-refractivity contribution in [1.82, 2.24) is 84.7 Å². The maximum Gasteiger partial charge on any atom is 2.00 e. The van der Waals surface area contributed by atoms with Crippen LogP contribution >= 0.6 is 0 Å². The van der Waals surface area contributed by atoms with Gasteiger partial charge in [-0.1, -0.05) is 218 Å². The van der Waals surface area contributed by atoms with Crippen molar-refractivity contribution in [2.24, 2.45) is 0 Å². The smallest absolute Gasteiger partial charge is 0.357 e. The van der Waals surface area contributed by atoms with E-state index in [1.807, 2.05) is 176 Å². The van der Waals surface area contributed by atoms with E-state index in [1.54, 1.807) is 12.3 Å². The standard InChI is InChI=1S/C48H24N8.C32H16N8.C15H9FN.Ir.2Pt/c1-2-10-26-18-34-33(17-25(26)9-1)41-49-42(34)54-44-37-21-29-13-5-6-14-30(29)22-38(37)46(51-44)56-48-40-24-32-16-8-7-15-31(32)23-39(40)47(52-48)55-45-36-20-28-12-4-3-11-27(28)19-35(36)43(50-45)53-41;1-2-10-18-17(9-1)25-33-26(18)38-28-21-13-5-6-14-22(21)30(35-28)40-32-24-16-8-7-15-23(24)31(36-32)39-29-20-12-4-3-11-19(20)27(34-29)37-25;16-13-7-5-12(6-8-13)15-14-4-2-1-3-11(14)9-10-17-15;;;/h1-24H;1-16H;1-5,7-10H;;;/q2*-2;-1;;2*+2. The number of rotatable bonds is 1. The summed E-state index contributed by atoms with van der Waals surface area (Å²) in [7, 11) is 0. The van der Waals surface area contributed by atoms with E-state index in [0.29, 0.717) is 91.8 Å². The second-order valence-corrected chi connectivity index (χ2v) is 27.9. The van der Waals surface area contributed by atoms with Gasteiger partial charge in [0.2, 0.25) is 0 Å². The molecule has 0 atom stereocenters. The van der Waals surface area contributed by atoms with E-state index >= 15 is 0 Å². The molecule has 7 aromatic heterocycles. The normalized spacial score (nSPS) is 11.6. The molecule has 0 N–H and O–H groups in total. The van der Waals surface area contributed by atoms with Crippen molar-refractivity contribution in [2.45, 2.75) is 0 Å². The summed E-state index contributed by atoms with van der Waals surface area (Å²) in [5, 5.41) is 18.0. The van der Waals surface area contributed by atoms with Crippen LogP contribution in [-0.2, 0) is 62.2 Å². The van der Waals surface area contributed by atoms with Gasteiger partial charge < -0.3 is 64.8 Å². The molecule has 21 heteroatoms. The molecule has 0 saturated carbocycles. The van der Waals surface area contributed by atoms with Crippen LogP contribution in [0.15, 0.2) is 297 Å². The Morgan fingerprint density at radius 2 is 0.466 bits per heavy atom. The number of aromatic nitrogens is 17. The molecule has 551 valence electrons. The quantitative estimate of drug-likeness (QED) is 0.139. The Labute approximate surface area is 699 Å². The van der Waals surface area contributed by atoms with Crippen molar-refractivity contribution in [3.05, 3.63) is 309 Å². The van der Waals surface area contributed by atoms with Crippen molar-refractivity contribution in [1.29, 1.82) is 0 Å². The predicted molar refractivity (Wildman–Crippen MR) is 444 cm³/mol. The summed E-state index contributed by atoms with van der Waals surface area (Å²) >= 11 is 0. The molecule has 14 aromatic carbocycles. The van der Waals surface area contributed by atoms with E-state index < -0.39 is 0 Å². The number of hydrogen-bond acceptors (Lipinski definition) is 13. The molecule has 0 saturated heterocycles. The molecule has 11 heterocycles. The maximum absolute atomic E-state index is 12.9. The van der Waals surface area contributed by atoms with E-state index in [2.05, 4.69) is 108 Å². The van der Waals surface area contributed by atoms with Crippen LogP contribution in [0.2, 0.25) is 0 Å². The van der Waals surface area contributed by atoms with E-state index in [0.717, 1.165) is 153 Å². The molecular weight excluding hydrogens is 1980 g/mol. The van der Waals surface area contributed by atoms with Crippen molar-refractivity contribution in [2.75, 3.05) is 0 Å². The summed E-state index contributed by atoms with van der Waals surface area (Å²) in [5.41, 5.74) is 13.1. The van der Waals surface area contributed by atoms with Gasteiger partial charge in [-0.3, -0.25) is 4.39 Å². The number of hydrogen-bond donors (Lipinski definition) is 0. The van der Waals surface area contributed by atoms with E-state index in [4.69, 9.17) is 79.7 Å². The molecule has 0 unspecified atom stereocenters. The van der Waals surface area contributed by atoms with Crippen LogP contribution < -0.4 is 19.9 Å². The largest absolute Gasteiger partial charge is 2.00 e. The summed E-state index contributed by atoms with van der Waals surface area (Å²) in [6.45, 7) is 0. The third kappa shape index (κ3) is 12.1. The second kappa shape index (κ2) is 28.7. The third-order valence-electron chi connectivity index (χ3n) is 21.2. The van der Waals surface area contributed by atoms with Crippen LogP contribution in [-0.4, -0.2) is 64.8 Å². The molecular formula is C95H49FIrN17Pt2-. The monoisotopic (exact) mass is 2030 g/mol. The van der Waals surface area contributed by atoms with Gasteiger partial charge in [0.05, 0.1) is 46.6 Å². The molecule has 25 rings (SSSR count). The number of nitrogens with zero attached hydrogens (tertiary/aromatic N) is 17. The number of pyridine rings is 1. The molecule has 0 spiro atoms. The SMILES string of the molecule is Fc1c[c-]c(-c2nccc3ccccc23)cc1.[Ir].[Pt+2].[Pt+2].c1ccc2c(c1)-c1nc-2nc2[n-]c(nc3nc(nc4[n-]c(n1)c1ccccc41)-c1ccccc1-3)c1ccccc21.c1ccc2cc3c(cc2c1)-c1nc-3nc2[n-]c(nc3nc(nc4[n-]c(n1)c1cc5ccccc5cc41)-c1cc4ccccc4cc1-3)c1cc3ccccc3cc21. The van der Waals surface area contributed by atoms with Gasteiger partial charge in [-0.2, -0.15) is 0 Å². The van der Waals surface area contributed by atoms with Gasteiger partial charge in [0.15, 0.2) is 0 Å². The molecule has 4 aliphatic rings. The Morgan fingerprint density at radius 1 is 0.224 bits per heavy atom. The molecule has 0 fully saturated rings. The van der Waals surface area contributed by atoms with Gasteiger partial charge >= 0.3 is 42.1 Å². The minimum atomic E-state index is -0.283. The van der Waals surface area contributed by atoms with Crippen molar-refractivity contribution < 1.29 is 66.6 Å². The maximum atomic E-state index is 12.9. The summed E-state index contributed by atoms with van der Waals surface area (Å²) in [5.74, 6) is 4.06. The fourth-order valence-electron chi connectivity index (χ4n) is 15.8.